The number of carbonyl (C=O) groups excluding carboxylic acids is 1. The van der Waals surface area contributed by atoms with Gasteiger partial charge >= 0.3 is 5.97 Å². The minimum Gasteiger partial charge on any atom is -0.459 e. The van der Waals surface area contributed by atoms with Gasteiger partial charge in [-0.05, 0) is 38.6 Å². The quantitative estimate of drug-likeness (QED) is 0.747. The first-order valence-electron chi connectivity index (χ1n) is 6.49. The van der Waals surface area contributed by atoms with Crippen molar-refractivity contribution < 1.29 is 14.3 Å². The summed E-state index contributed by atoms with van der Waals surface area (Å²) in [6, 6.07) is -0.194. The minimum atomic E-state index is -0.194. The monoisotopic (exact) mass is 243 g/mol. The van der Waals surface area contributed by atoms with Crippen molar-refractivity contribution in [2.45, 2.75) is 52.7 Å². The third kappa shape index (κ3) is 4.28. The smallest absolute Gasteiger partial charge is 0.324 e. The Morgan fingerprint density at radius 1 is 1.53 bits per heavy atom. The fraction of sp³-hybridized carbons (Fsp3) is 0.923. The van der Waals surface area contributed by atoms with Crippen LogP contribution in [0.15, 0.2) is 0 Å². The summed E-state index contributed by atoms with van der Waals surface area (Å²) >= 11 is 0. The van der Waals surface area contributed by atoms with E-state index in [0.717, 1.165) is 19.4 Å². The van der Waals surface area contributed by atoms with E-state index >= 15 is 0 Å². The largest absolute Gasteiger partial charge is 0.459 e. The Morgan fingerprint density at radius 2 is 2.24 bits per heavy atom. The molecule has 4 nitrogen and oxygen atoms in total. The van der Waals surface area contributed by atoms with Crippen molar-refractivity contribution in [3.8, 4) is 0 Å². The maximum atomic E-state index is 12.0. The predicted octanol–water partition coefficient (Wildman–Crippen LogP) is 1.73. The highest BCUT2D eigenvalue weighted by atomic mass is 16.6. The molecular formula is C13H25NO3. The molecule has 0 radical (unpaired) electrons. The zero-order chi connectivity index (χ0) is 12.9. The molecule has 1 heterocycles. The van der Waals surface area contributed by atoms with Crippen LogP contribution in [0.3, 0.4) is 0 Å². The third-order valence-electron chi connectivity index (χ3n) is 3.24. The maximum absolute atomic E-state index is 12.0. The second kappa shape index (κ2) is 6.36. The normalized spacial score (nSPS) is 25.3. The SMILES string of the molecule is CCOCC(C)OC(=O)C1NCCCC1(C)C. The molecule has 0 aromatic carbocycles. The number of esters is 1. The van der Waals surface area contributed by atoms with Crippen LogP contribution in [-0.2, 0) is 14.3 Å². The van der Waals surface area contributed by atoms with E-state index in [2.05, 4.69) is 19.2 Å². The van der Waals surface area contributed by atoms with Gasteiger partial charge in [-0.25, -0.2) is 0 Å². The Hall–Kier alpha value is -0.610. The van der Waals surface area contributed by atoms with Gasteiger partial charge in [0.05, 0.1) is 6.61 Å². The van der Waals surface area contributed by atoms with Gasteiger partial charge in [-0.3, -0.25) is 4.79 Å². The van der Waals surface area contributed by atoms with Crippen LogP contribution in [0.5, 0.6) is 0 Å². The van der Waals surface area contributed by atoms with Crippen molar-refractivity contribution in [3.05, 3.63) is 0 Å². The van der Waals surface area contributed by atoms with Crippen LogP contribution in [0.4, 0.5) is 0 Å². The lowest BCUT2D eigenvalue weighted by molar-refractivity contribution is -0.157. The molecule has 0 aromatic rings. The van der Waals surface area contributed by atoms with Gasteiger partial charge in [0.1, 0.15) is 12.1 Å². The topological polar surface area (TPSA) is 47.6 Å². The molecule has 1 fully saturated rings. The molecule has 1 rings (SSSR count). The first kappa shape index (κ1) is 14.5. The summed E-state index contributed by atoms with van der Waals surface area (Å²) in [7, 11) is 0. The van der Waals surface area contributed by atoms with Gasteiger partial charge in [-0.2, -0.15) is 0 Å². The number of ether oxygens (including phenoxy) is 2. The molecule has 0 bridgehead atoms. The van der Waals surface area contributed by atoms with Crippen molar-refractivity contribution in [2.75, 3.05) is 19.8 Å². The molecule has 0 aromatic heterocycles. The summed E-state index contributed by atoms with van der Waals surface area (Å²) in [5, 5.41) is 3.26. The van der Waals surface area contributed by atoms with E-state index in [1.54, 1.807) is 0 Å². The zero-order valence-corrected chi connectivity index (χ0v) is 11.4. The lowest BCUT2D eigenvalue weighted by Crippen LogP contribution is -2.53. The molecule has 100 valence electrons. The fourth-order valence-electron chi connectivity index (χ4n) is 2.20. The molecule has 1 saturated heterocycles. The number of nitrogens with one attached hydrogen (secondary N) is 1. The Kier molecular flexibility index (Phi) is 5.40. The first-order valence-corrected chi connectivity index (χ1v) is 6.49. The number of piperidine rings is 1. The molecule has 0 spiro atoms. The standard InChI is InChI=1S/C13H25NO3/c1-5-16-9-10(2)17-12(15)11-13(3,4)7-6-8-14-11/h10-11,14H,5-9H2,1-4H3. The van der Waals surface area contributed by atoms with E-state index in [1.165, 1.54) is 0 Å². The number of hydrogen-bond donors (Lipinski definition) is 1. The fourth-order valence-corrected chi connectivity index (χ4v) is 2.20. The van der Waals surface area contributed by atoms with Crippen LogP contribution >= 0.6 is 0 Å². The molecule has 0 saturated carbocycles. The summed E-state index contributed by atoms with van der Waals surface area (Å²) < 4.78 is 10.6. The average molecular weight is 243 g/mol. The van der Waals surface area contributed by atoms with Crippen molar-refractivity contribution in [3.63, 3.8) is 0 Å². The van der Waals surface area contributed by atoms with Crippen molar-refractivity contribution in [1.29, 1.82) is 0 Å². The summed E-state index contributed by atoms with van der Waals surface area (Å²) in [4.78, 5) is 12.0. The van der Waals surface area contributed by atoms with Crippen molar-refractivity contribution in [1.82, 2.24) is 5.32 Å². The minimum absolute atomic E-state index is 0.0271. The Morgan fingerprint density at radius 3 is 2.82 bits per heavy atom. The van der Waals surface area contributed by atoms with Crippen molar-refractivity contribution >= 4 is 5.97 Å². The third-order valence-corrected chi connectivity index (χ3v) is 3.24. The number of carbonyl (C=O) groups is 1. The Bertz CT molecular complexity index is 253. The van der Waals surface area contributed by atoms with Gasteiger partial charge in [-0.1, -0.05) is 13.8 Å². The van der Waals surface area contributed by atoms with Gasteiger partial charge in [0, 0.05) is 6.61 Å². The molecule has 0 aliphatic carbocycles. The van der Waals surface area contributed by atoms with E-state index in [9.17, 15) is 4.79 Å². The molecule has 17 heavy (non-hydrogen) atoms. The van der Waals surface area contributed by atoms with E-state index < -0.39 is 0 Å². The van der Waals surface area contributed by atoms with Crippen LogP contribution in [-0.4, -0.2) is 37.9 Å². The van der Waals surface area contributed by atoms with E-state index in [4.69, 9.17) is 9.47 Å². The summed E-state index contributed by atoms with van der Waals surface area (Å²) in [5.74, 6) is -0.151. The van der Waals surface area contributed by atoms with E-state index in [0.29, 0.717) is 13.2 Å². The molecule has 1 N–H and O–H groups in total. The highest BCUT2D eigenvalue weighted by Gasteiger charge is 2.38. The highest BCUT2D eigenvalue weighted by Crippen LogP contribution is 2.30. The average Bonchev–Trinajstić information content (AvgIpc) is 2.25. The second-order valence-corrected chi connectivity index (χ2v) is 5.39. The molecule has 1 aliphatic rings. The molecule has 2 unspecified atom stereocenters. The summed E-state index contributed by atoms with van der Waals surface area (Å²) in [6.45, 7) is 10.0. The van der Waals surface area contributed by atoms with Crippen LogP contribution in [0.25, 0.3) is 0 Å². The molecule has 2 atom stereocenters. The second-order valence-electron chi connectivity index (χ2n) is 5.39. The zero-order valence-electron chi connectivity index (χ0n) is 11.4. The molecule has 0 amide bonds. The Balaban J connectivity index is 2.45. The maximum Gasteiger partial charge on any atom is 0.324 e. The van der Waals surface area contributed by atoms with Gasteiger partial charge in [-0.15, -0.1) is 0 Å². The summed E-state index contributed by atoms with van der Waals surface area (Å²) in [6.07, 6.45) is 1.99. The predicted molar refractivity (Wildman–Crippen MR) is 66.9 cm³/mol. The van der Waals surface area contributed by atoms with E-state index in [-0.39, 0.29) is 23.5 Å². The number of rotatable bonds is 5. The van der Waals surface area contributed by atoms with Crippen LogP contribution in [0.2, 0.25) is 0 Å². The molecule has 4 heteroatoms. The Labute approximate surface area is 104 Å². The summed E-state index contributed by atoms with van der Waals surface area (Å²) in [5.41, 5.74) is -0.0271. The van der Waals surface area contributed by atoms with Crippen LogP contribution in [0.1, 0.15) is 40.5 Å². The molecular weight excluding hydrogens is 218 g/mol. The van der Waals surface area contributed by atoms with Crippen LogP contribution < -0.4 is 5.32 Å². The first-order chi connectivity index (χ1) is 7.97. The van der Waals surface area contributed by atoms with Crippen molar-refractivity contribution in [2.24, 2.45) is 5.41 Å². The lowest BCUT2D eigenvalue weighted by Gasteiger charge is -2.38. The van der Waals surface area contributed by atoms with Crippen LogP contribution in [0, 0.1) is 5.41 Å². The highest BCUT2D eigenvalue weighted by molar-refractivity contribution is 5.77. The van der Waals surface area contributed by atoms with Gasteiger partial charge in [0.15, 0.2) is 0 Å². The van der Waals surface area contributed by atoms with Gasteiger partial charge in [0.2, 0.25) is 0 Å². The van der Waals surface area contributed by atoms with Gasteiger partial charge < -0.3 is 14.8 Å². The molecule has 1 aliphatic heterocycles. The van der Waals surface area contributed by atoms with Gasteiger partial charge in [0.25, 0.3) is 0 Å². The lowest BCUT2D eigenvalue weighted by atomic mass is 9.77. The number of hydrogen-bond acceptors (Lipinski definition) is 4. The van der Waals surface area contributed by atoms with E-state index in [1.807, 2.05) is 13.8 Å².